The molecule has 5 rings (SSSR count). The Balaban J connectivity index is 1.21. The van der Waals surface area contributed by atoms with Crippen LogP contribution in [-0.2, 0) is 11.8 Å². The predicted octanol–water partition coefficient (Wildman–Crippen LogP) is 8.56. The van der Waals surface area contributed by atoms with Crippen molar-refractivity contribution in [1.29, 1.82) is 0 Å². The summed E-state index contributed by atoms with van der Waals surface area (Å²) in [5.74, 6) is -0.415. The molecule has 1 aromatic heterocycles. The van der Waals surface area contributed by atoms with Crippen LogP contribution in [0, 0.1) is 17.0 Å². The largest absolute Gasteiger partial charge is 0.303 e. The minimum absolute atomic E-state index is 0.0556. The summed E-state index contributed by atoms with van der Waals surface area (Å²) in [7, 11) is 0. The van der Waals surface area contributed by atoms with Crippen LogP contribution in [0.4, 0.5) is 5.69 Å². The molecule has 0 aliphatic carbocycles. The second-order valence-electron chi connectivity index (χ2n) is 12.5. The van der Waals surface area contributed by atoms with Crippen LogP contribution in [0.5, 0.6) is 0 Å². The van der Waals surface area contributed by atoms with E-state index in [1.165, 1.54) is 37.1 Å². The first-order valence-electron chi connectivity index (χ1n) is 16.3. The molecule has 1 saturated heterocycles. The van der Waals surface area contributed by atoms with Crippen LogP contribution in [0.3, 0.4) is 0 Å². The van der Waals surface area contributed by atoms with Gasteiger partial charge in [0, 0.05) is 39.9 Å². The minimum Gasteiger partial charge on any atom is -0.303 e. The van der Waals surface area contributed by atoms with Gasteiger partial charge in [0.15, 0.2) is 11.6 Å². The molecule has 0 N–H and O–H groups in total. The molecule has 0 spiro atoms. The maximum Gasteiger partial charge on any atom is 0.270 e. The standard InChI is InChI=1S/C39H43N3O4/c1-28-36(29(2)43)38(31-15-14-20-34(27-31)42(45)46)37(30(3)44)35(40-28)21-12-4-5-13-24-41-25-22-39(23-26-41,32-16-8-6-9-17-32)33-18-10-7-11-19-33/h6-11,14-20,27H,4-5,12-13,21-26H2,1-3H3. The number of benzene rings is 3. The van der Waals surface area contributed by atoms with Gasteiger partial charge in [-0.1, -0.05) is 85.6 Å². The van der Waals surface area contributed by atoms with Crippen molar-refractivity contribution < 1.29 is 14.5 Å². The molecular formula is C39H43N3O4. The van der Waals surface area contributed by atoms with Gasteiger partial charge in [0.05, 0.1) is 10.6 Å². The van der Waals surface area contributed by atoms with Gasteiger partial charge in [-0.3, -0.25) is 24.7 Å². The zero-order valence-corrected chi connectivity index (χ0v) is 27.1. The Morgan fingerprint density at radius 2 is 1.39 bits per heavy atom. The molecule has 7 heteroatoms. The number of nitrogens with zero attached hydrogens (tertiary/aromatic N) is 3. The number of pyridine rings is 1. The number of unbranched alkanes of at least 4 members (excludes halogenated alkanes) is 3. The second kappa shape index (κ2) is 14.7. The first-order chi connectivity index (χ1) is 22.2. The number of aryl methyl sites for hydroxylation is 2. The molecule has 0 bridgehead atoms. The number of Topliss-reactive ketones (excluding diaryl/α,β-unsaturated/α-hetero) is 2. The molecule has 3 aromatic carbocycles. The van der Waals surface area contributed by atoms with E-state index in [-0.39, 0.29) is 22.7 Å². The number of nitro groups is 1. The average Bonchev–Trinajstić information content (AvgIpc) is 3.06. The number of carbonyl (C=O) groups excluding carboxylic acids is 2. The quantitative estimate of drug-likeness (QED) is 0.0646. The normalized spacial score (nSPS) is 14.6. The molecule has 7 nitrogen and oxygen atoms in total. The van der Waals surface area contributed by atoms with Crippen LogP contribution in [0.15, 0.2) is 84.9 Å². The molecule has 0 atom stereocenters. The van der Waals surface area contributed by atoms with Gasteiger partial charge in [-0.25, -0.2) is 0 Å². The molecule has 46 heavy (non-hydrogen) atoms. The summed E-state index contributed by atoms with van der Waals surface area (Å²) in [6, 6.07) is 28.0. The van der Waals surface area contributed by atoms with Crippen molar-refractivity contribution in [2.75, 3.05) is 19.6 Å². The number of nitro benzene ring substituents is 1. The van der Waals surface area contributed by atoms with Gasteiger partial charge in [-0.2, -0.15) is 0 Å². The summed E-state index contributed by atoms with van der Waals surface area (Å²) in [5, 5.41) is 11.5. The van der Waals surface area contributed by atoms with Crippen molar-refractivity contribution in [2.24, 2.45) is 0 Å². The molecule has 0 unspecified atom stereocenters. The average molecular weight is 618 g/mol. The van der Waals surface area contributed by atoms with Crippen molar-refractivity contribution in [2.45, 2.75) is 71.1 Å². The van der Waals surface area contributed by atoms with Crippen LogP contribution in [0.2, 0.25) is 0 Å². The van der Waals surface area contributed by atoms with Crippen LogP contribution in [-0.4, -0.2) is 46.0 Å². The number of rotatable bonds is 13. The SMILES string of the molecule is CC(=O)c1c(C)nc(CCCCCCN2CCC(c3ccccc3)(c3ccccc3)CC2)c(C(C)=O)c1-c1cccc([N+](=O)[O-])c1. The van der Waals surface area contributed by atoms with Gasteiger partial charge in [0.25, 0.3) is 5.69 Å². The number of hydrogen-bond donors (Lipinski definition) is 0. The number of aromatic nitrogens is 1. The van der Waals surface area contributed by atoms with Gasteiger partial charge in [0.1, 0.15) is 0 Å². The van der Waals surface area contributed by atoms with Crippen molar-refractivity contribution in [3.05, 3.63) is 129 Å². The number of piperidine rings is 1. The fourth-order valence-corrected chi connectivity index (χ4v) is 7.22. The Morgan fingerprint density at radius 1 is 0.804 bits per heavy atom. The Labute approximate surface area is 271 Å². The van der Waals surface area contributed by atoms with Crippen LogP contribution in [0.25, 0.3) is 11.1 Å². The maximum absolute atomic E-state index is 13.0. The Hall–Kier alpha value is -4.49. The number of non-ortho nitro benzene ring substituents is 1. The summed E-state index contributed by atoms with van der Waals surface area (Å²) in [5.41, 5.74) is 5.66. The van der Waals surface area contributed by atoms with E-state index in [4.69, 9.17) is 4.98 Å². The monoisotopic (exact) mass is 617 g/mol. The first kappa shape index (κ1) is 32.9. The van der Waals surface area contributed by atoms with Crippen molar-refractivity contribution in [3.8, 4) is 11.1 Å². The summed E-state index contributed by atoms with van der Waals surface area (Å²) in [6.07, 6.45) is 6.87. The molecule has 4 aromatic rings. The van der Waals surface area contributed by atoms with Crippen LogP contribution in [0.1, 0.15) is 95.6 Å². The fraction of sp³-hybridized carbons (Fsp3) is 0.359. The summed E-state index contributed by atoms with van der Waals surface area (Å²) >= 11 is 0. The lowest BCUT2D eigenvalue weighted by atomic mass is 9.68. The van der Waals surface area contributed by atoms with Crippen molar-refractivity contribution >= 4 is 17.3 Å². The third kappa shape index (κ3) is 7.15. The van der Waals surface area contributed by atoms with Crippen LogP contribution < -0.4 is 0 Å². The number of likely N-dealkylation sites (tertiary alicyclic amines) is 1. The molecule has 1 aliphatic heterocycles. The second-order valence-corrected chi connectivity index (χ2v) is 12.5. The molecule has 2 heterocycles. The Bertz CT molecular complexity index is 1650. The third-order valence-corrected chi connectivity index (χ3v) is 9.50. The lowest BCUT2D eigenvalue weighted by Crippen LogP contribution is -2.43. The zero-order chi connectivity index (χ0) is 32.7. The van der Waals surface area contributed by atoms with E-state index in [1.807, 2.05) is 0 Å². The molecular weight excluding hydrogens is 574 g/mol. The summed E-state index contributed by atoms with van der Waals surface area (Å²) < 4.78 is 0. The zero-order valence-electron chi connectivity index (χ0n) is 27.1. The lowest BCUT2D eigenvalue weighted by Gasteiger charge is -2.43. The topological polar surface area (TPSA) is 93.4 Å². The highest BCUT2D eigenvalue weighted by Crippen LogP contribution is 2.42. The summed E-state index contributed by atoms with van der Waals surface area (Å²) in [4.78, 5) is 44.1. The van der Waals surface area contributed by atoms with Crippen molar-refractivity contribution in [3.63, 3.8) is 0 Å². The number of hydrogen-bond acceptors (Lipinski definition) is 6. The van der Waals surface area contributed by atoms with Crippen molar-refractivity contribution in [1.82, 2.24) is 9.88 Å². The molecule has 0 amide bonds. The minimum atomic E-state index is -0.466. The van der Waals surface area contributed by atoms with E-state index in [0.29, 0.717) is 40.1 Å². The van der Waals surface area contributed by atoms with E-state index in [0.717, 1.165) is 58.2 Å². The van der Waals surface area contributed by atoms with E-state index < -0.39 is 4.92 Å². The van der Waals surface area contributed by atoms with E-state index in [1.54, 1.807) is 19.1 Å². The molecule has 0 radical (unpaired) electrons. The number of carbonyl (C=O) groups is 2. The highest BCUT2D eigenvalue weighted by Gasteiger charge is 2.37. The van der Waals surface area contributed by atoms with Gasteiger partial charge in [0.2, 0.25) is 0 Å². The third-order valence-electron chi connectivity index (χ3n) is 9.50. The van der Waals surface area contributed by atoms with E-state index >= 15 is 0 Å². The Morgan fingerprint density at radius 3 is 1.96 bits per heavy atom. The van der Waals surface area contributed by atoms with Gasteiger partial charge >= 0.3 is 0 Å². The molecule has 238 valence electrons. The van der Waals surface area contributed by atoms with Gasteiger partial charge in [-0.05, 0) is 89.2 Å². The molecule has 1 fully saturated rings. The van der Waals surface area contributed by atoms with E-state index in [9.17, 15) is 19.7 Å². The Kier molecular flexibility index (Phi) is 10.5. The maximum atomic E-state index is 13.0. The van der Waals surface area contributed by atoms with Gasteiger partial charge < -0.3 is 4.90 Å². The smallest absolute Gasteiger partial charge is 0.270 e. The summed E-state index contributed by atoms with van der Waals surface area (Å²) in [6.45, 7) is 7.90. The van der Waals surface area contributed by atoms with E-state index in [2.05, 4.69) is 65.6 Å². The molecule has 1 aliphatic rings. The number of ketones is 2. The molecule has 0 saturated carbocycles. The highest BCUT2D eigenvalue weighted by atomic mass is 16.6. The van der Waals surface area contributed by atoms with Crippen LogP contribution >= 0.6 is 0 Å². The lowest BCUT2D eigenvalue weighted by molar-refractivity contribution is -0.384. The highest BCUT2D eigenvalue weighted by molar-refractivity contribution is 6.10. The van der Waals surface area contributed by atoms with Gasteiger partial charge in [-0.15, -0.1) is 0 Å². The first-order valence-corrected chi connectivity index (χ1v) is 16.3. The predicted molar refractivity (Wildman–Crippen MR) is 183 cm³/mol. The fourth-order valence-electron chi connectivity index (χ4n) is 7.22.